The third-order valence-electron chi connectivity index (χ3n) is 3.34. The molecule has 0 saturated heterocycles. The highest BCUT2D eigenvalue weighted by Crippen LogP contribution is 2.02. The van der Waals surface area contributed by atoms with Crippen LogP contribution in [0.4, 0.5) is 0 Å². The van der Waals surface area contributed by atoms with Crippen LogP contribution in [0.15, 0.2) is 30.3 Å². The molecule has 0 saturated carbocycles. The molecule has 0 radical (unpaired) electrons. The van der Waals surface area contributed by atoms with Crippen LogP contribution in [0.3, 0.4) is 0 Å². The summed E-state index contributed by atoms with van der Waals surface area (Å²) in [5, 5.41) is 2.90. The average molecular weight is 366 g/mol. The Morgan fingerprint density at radius 2 is 1.96 bits per heavy atom. The average Bonchev–Trinajstić information content (AvgIpc) is 2.50. The highest BCUT2D eigenvalue weighted by atomic mass is 35.5. The molecule has 3 N–H and O–H groups in total. The van der Waals surface area contributed by atoms with E-state index in [2.05, 4.69) is 29.4 Å². The van der Waals surface area contributed by atoms with E-state index in [1.165, 1.54) is 5.56 Å². The van der Waals surface area contributed by atoms with Crippen LogP contribution in [-0.4, -0.2) is 50.7 Å². The molecule has 1 aromatic rings. The van der Waals surface area contributed by atoms with Crippen molar-refractivity contribution in [3.05, 3.63) is 35.9 Å². The lowest BCUT2D eigenvalue weighted by atomic mass is 10.2. The number of amides is 1. The fraction of sp³-hybridized carbons (Fsp3) is 0.562. The van der Waals surface area contributed by atoms with Crippen molar-refractivity contribution in [2.75, 3.05) is 33.8 Å². The van der Waals surface area contributed by atoms with Crippen molar-refractivity contribution in [1.82, 2.24) is 10.2 Å². The normalized spacial score (nSPS) is 11.3. The molecular formula is C16H29Cl2N3O2. The van der Waals surface area contributed by atoms with E-state index in [1.54, 1.807) is 7.11 Å². The van der Waals surface area contributed by atoms with Crippen LogP contribution in [0.2, 0.25) is 0 Å². The van der Waals surface area contributed by atoms with E-state index in [9.17, 15) is 4.79 Å². The molecule has 0 heterocycles. The molecule has 0 bridgehead atoms. The molecule has 1 aromatic carbocycles. The molecule has 1 unspecified atom stereocenters. The number of rotatable bonds is 10. The quantitative estimate of drug-likeness (QED) is 0.620. The Hall–Kier alpha value is -0.850. The van der Waals surface area contributed by atoms with Crippen molar-refractivity contribution in [3.8, 4) is 0 Å². The lowest BCUT2D eigenvalue weighted by Crippen LogP contribution is -2.33. The van der Waals surface area contributed by atoms with E-state index in [0.717, 1.165) is 19.5 Å². The third-order valence-corrected chi connectivity index (χ3v) is 3.34. The lowest BCUT2D eigenvalue weighted by Gasteiger charge is -2.17. The first-order valence-electron chi connectivity index (χ1n) is 7.37. The Kier molecular flexibility index (Phi) is 15.6. The first-order valence-corrected chi connectivity index (χ1v) is 7.37. The number of benzene rings is 1. The molecule has 0 aliphatic carbocycles. The molecule has 1 amide bonds. The minimum atomic E-state index is -0.189. The molecule has 7 heteroatoms. The van der Waals surface area contributed by atoms with Gasteiger partial charge in [-0.2, -0.15) is 0 Å². The van der Waals surface area contributed by atoms with Gasteiger partial charge in [0, 0.05) is 26.7 Å². The number of carbonyl (C=O) groups excluding carboxylic acids is 1. The van der Waals surface area contributed by atoms with Crippen LogP contribution < -0.4 is 11.1 Å². The second-order valence-electron chi connectivity index (χ2n) is 5.22. The van der Waals surface area contributed by atoms with Gasteiger partial charge in [-0.05, 0) is 25.6 Å². The standard InChI is InChI=1S/C16H27N3O2.2ClH/c1-19(13-14-7-4-3-5-8-14)10-6-9-18-16(20)11-15(12-17)21-2;;/h3-5,7-8,15H,6,9-13,17H2,1-2H3,(H,18,20);2*1H. The first kappa shape index (κ1) is 24.4. The summed E-state index contributed by atoms with van der Waals surface area (Å²) in [7, 11) is 3.66. The third kappa shape index (κ3) is 11.3. The van der Waals surface area contributed by atoms with Gasteiger partial charge < -0.3 is 20.7 Å². The molecule has 0 aromatic heterocycles. The largest absolute Gasteiger partial charge is 0.380 e. The van der Waals surface area contributed by atoms with Crippen molar-refractivity contribution >= 4 is 30.7 Å². The molecule has 0 aliphatic rings. The summed E-state index contributed by atoms with van der Waals surface area (Å²) in [6.07, 6.45) is 1.06. The molecule has 1 rings (SSSR count). The highest BCUT2D eigenvalue weighted by molar-refractivity contribution is 5.85. The number of nitrogens with two attached hydrogens (primary N) is 1. The number of methoxy groups -OCH3 is 1. The number of hydrogen-bond donors (Lipinski definition) is 2. The predicted octanol–water partition coefficient (Wildman–Crippen LogP) is 1.83. The molecule has 0 aliphatic heterocycles. The summed E-state index contributed by atoms with van der Waals surface area (Å²) < 4.78 is 5.09. The summed E-state index contributed by atoms with van der Waals surface area (Å²) in [5.41, 5.74) is 6.79. The molecule has 23 heavy (non-hydrogen) atoms. The molecule has 5 nitrogen and oxygen atoms in total. The van der Waals surface area contributed by atoms with Crippen LogP contribution in [0, 0.1) is 0 Å². The van der Waals surface area contributed by atoms with Gasteiger partial charge in [-0.15, -0.1) is 24.8 Å². The topological polar surface area (TPSA) is 67.6 Å². The number of nitrogens with zero attached hydrogens (tertiary/aromatic N) is 1. The van der Waals surface area contributed by atoms with Gasteiger partial charge in [0.05, 0.1) is 12.5 Å². The van der Waals surface area contributed by atoms with Crippen LogP contribution in [0.25, 0.3) is 0 Å². The van der Waals surface area contributed by atoms with E-state index in [1.807, 2.05) is 18.2 Å². The SMILES string of the molecule is COC(CN)CC(=O)NCCCN(C)Cc1ccccc1.Cl.Cl. The first-order chi connectivity index (χ1) is 10.2. The smallest absolute Gasteiger partial charge is 0.222 e. The molecular weight excluding hydrogens is 337 g/mol. The number of halogens is 2. The summed E-state index contributed by atoms with van der Waals surface area (Å²) in [6, 6.07) is 10.4. The monoisotopic (exact) mass is 365 g/mol. The second kappa shape index (κ2) is 14.7. The van der Waals surface area contributed by atoms with Crippen molar-refractivity contribution in [3.63, 3.8) is 0 Å². The van der Waals surface area contributed by atoms with Gasteiger partial charge in [0.2, 0.25) is 5.91 Å². The summed E-state index contributed by atoms with van der Waals surface area (Å²) in [6.45, 7) is 2.91. The Labute approximate surface area is 151 Å². The number of carbonyl (C=O) groups is 1. The summed E-state index contributed by atoms with van der Waals surface area (Å²) >= 11 is 0. The van der Waals surface area contributed by atoms with E-state index in [4.69, 9.17) is 10.5 Å². The molecule has 1 atom stereocenters. The van der Waals surface area contributed by atoms with E-state index >= 15 is 0 Å². The van der Waals surface area contributed by atoms with Crippen LogP contribution in [-0.2, 0) is 16.1 Å². The maximum Gasteiger partial charge on any atom is 0.222 e. The fourth-order valence-corrected chi connectivity index (χ4v) is 2.09. The van der Waals surface area contributed by atoms with Gasteiger partial charge in [-0.3, -0.25) is 4.79 Å². The minimum absolute atomic E-state index is 0. The molecule has 0 fully saturated rings. The van der Waals surface area contributed by atoms with E-state index in [0.29, 0.717) is 19.5 Å². The Balaban J connectivity index is 0. The number of nitrogens with one attached hydrogen (secondary N) is 1. The zero-order valence-electron chi connectivity index (χ0n) is 13.9. The van der Waals surface area contributed by atoms with Crippen LogP contribution >= 0.6 is 24.8 Å². The van der Waals surface area contributed by atoms with Crippen molar-refractivity contribution in [1.29, 1.82) is 0 Å². The van der Waals surface area contributed by atoms with Crippen molar-refractivity contribution in [2.45, 2.75) is 25.5 Å². The Bertz CT molecular complexity index is 404. The van der Waals surface area contributed by atoms with Crippen LogP contribution in [0.1, 0.15) is 18.4 Å². The zero-order chi connectivity index (χ0) is 15.5. The second-order valence-corrected chi connectivity index (χ2v) is 5.22. The van der Waals surface area contributed by atoms with Gasteiger partial charge >= 0.3 is 0 Å². The van der Waals surface area contributed by atoms with Crippen LogP contribution in [0.5, 0.6) is 0 Å². The highest BCUT2D eigenvalue weighted by Gasteiger charge is 2.10. The maximum absolute atomic E-state index is 11.6. The van der Waals surface area contributed by atoms with Gasteiger partial charge in [0.25, 0.3) is 0 Å². The van der Waals surface area contributed by atoms with E-state index in [-0.39, 0.29) is 36.8 Å². The summed E-state index contributed by atoms with van der Waals surface area (Å²) in [4.78, 5) is 13.9. The Morgan fingerprint density at radius 3 is 2.52 bits per heavy atom. The van der Waals surface area contributed by atoms with Gasteiger partial charge in [0.1, 0.15) is 0 Å². The van der Waals surface area contributed by atoms with Gasteiger partial charge in [-0.1, -0.05) is 30.3 Å². The minimum Gasteiger partial charge on any atom is -0.380 e. The number of ether oxygens (including phenoxy) is 1. The summed E-state index contributed by atoms with van der Waals surface area (Å²) in [5.74, 6) is -0.00184. The lowest BCUT2D eigenvalue weighted by molar-refractivity contribution is -0.123. The van der Waals surface area contributed by atoms with Crippen molar-refractivity contribution in [2.24, 2.45) is 5.73 Å². The van der Waals surface area contributed by atoms with E-state index < -0.39 is 0 Å². The Morgan fingerprint density at radius 1 is 1.30 bits per heavy atom. The molecule has 0 spiro atoms. The van der Waals surface area contributed by atoms with Gasteiger partial charge in [0.15, 0.2) is 0 Å². The van der Waals surface area contributed by atoms with Gasteiger partial charge in [-0.25, -0.2) is 0 Å². The predicted molar refractivity (Wildman–Crippen MR) is 99.4 cm³/mol. The van der Waals surface area contributed by atoms with Crippen molar-refractivity contribution < 1.29 is 9.53 Å². The number of hydrogen-bond acceptors (Lipinski definition) is 4. The maximum atomic E-state index is 11.6. The molecule has 134 valence electrons. The fourth-order valence-electron chi connectivity index (χ4n) is 2.09. The zero-order valence-corrected chi connectivity index (χ0v) is 15.5.